The van der Waals surface area contributed by atoms with Crippen LogP contribution < -0.4 is 0 Å². The molecule has 5 rings (SSSR count). The molecule has 0 saturated heterocycles. The second-order valence-corrected chi connectivity index (χ2v) is 8.81. The van der Waals surface area contributed by atoms with Crippen molar-refractivity contribution in [2.75, 3.05) is 0 Å². The molecule has 5 aromatic rings. The monoisotopic (exact) mass is 389 g/mol. The van der Waals surface area contributed by atoms with Gasteiger partial charge in [-0.2, -0.15) is 5.10 Å². The number of hydrogen-bond acceptors (Lipinski definition) is 4. The number of hydrogen-bond donors (Lipinski definition) is 1. The molecule has 3 heterocycles. The van der Waals surface area contributed by atoms with Gasteiger partial charge in [0.25, 0.3) is 0 Å². The van der Waals surface area contributed by atoms with E-state index in [2.05, 4.69) is 59.5 Å². The summed E-state index contributed by atoms with van der Waals surface area (Å²) in [6, 6.07) is 15.5. The van der Waals surface area contributed by atoms with E-state index in [1.165, 1.54) is 31.5 Å². The lowest BCUT2D eigenvalue weighted by atomic mass is 10.00. The molecule has 0 amide bonds. The van der Waals surface area contributed by atoms with Crippen molar-refractivity contribution in [1.82, 2.24) is 15.2 Å². The fourth-order valence-electron chi connectivity index (χ4n) is 3.59. The molecule has 0 spiro atoms. The Balaban J connectivity index is 1.69. The lowest BCUT2D eigenvalue weighted by Gasteiger charge is -2.06. The van der Waals surface area contributed by atoms with Gasteiger partial charge < -0.3 is 0 Å². The van der Waals surface area contributed by atoms with Crippen LogP contribution in [0.4, 0.5) is 0 Å². The van der Waals surface area contributed by atoms with Crippen molar-refractivity contribution in [2.45, 2.75) is 26.2 Å². The molecule has 5 heteroatoms. The predicted molar refractivity (Wildman–Crippen MR) is 116 cm³/mol. The number of nitrogens with zero attached hydrogens (tertiary/aromatic N) is 2. The zero-order valence-electron chi connectivity index (χ0n) is 15.0. The fourth-order valence-corrected chi connectivity index (χ4v) is 5.30. The molecule has 1 N–H and O–H groups in total. The number of nitrogens with one attached hydrogen (secondary N) is 1. The molecule has 3 aromatic heterocycles. The number of benzene rings is 2. The van der Waals surface area contributed by atoms with Crippen LogP contribution in [0.3, 0.4) is 0 Å². The minimum Gasteiger partial charge on any atom is -0.281 e. The second kappa shape index (κ2) is 6.91. The van der Waals surface area contributed by atoms with E-state index in [1.54, 1.807) is 11.3 Å². The van der Waals surface area contributed by atoms with Crippen molar-refractivity contribution in [1.29, 1.82) is 0 Å². The number of aromatic nitrogens is 3. The van der Waals surface area contributed by atoms with Crippen molar-refractivity contribution in [3.05, 3.63) is 70.3 Å². The quantitative estimate of drug-likeness (QED) is 0.375. The molecule has 2 aromatic carbocycles. The van der Waals surface area contributed by atoms with E-state index < -0.39 is 0 Å². The van der Waals surface area contributed by atoms with E-state index >= 15 is 0 Å². The summed E-state index contributed by atoms with van der Waals surface area (Å²) in [4.78, 5) is 5.72. The van der Waals surface area contributed by atoms with Crippen LogP contribution >= 0.6 is 22.7 Å². The maximum absolute atomic E-state index is 4.71. The number of thiazole rings is 1. The normalized spacial score (nSPS) is 11.6. The molecule has 3 nitrogen and oxygen atoms in total. The highest BCUT2D eigenvalue weighted by molar-refractivity contribution is 7.22. The van der Waals surface area contributed by atoms with Crippen LogP contribution in [0.25, 0.3) is 31.4 Å². The molecular formula is C22H19N3S2. The van der Waals surface area contributed by atoms with Crippen LogP contribution in [0.1, 0.15) is 29.6 Å². The number of aromatic amines is 1. The molecule has 0 aliphatic rings. The molecule has 0 aliphatic carbocycles. The van der Waals surface area contributed by atoms with Crippen molar-refractivity contribution in [3.63, 3.8) is 0 Å². The molecule has 0 fully saturated rings. The summed E-state index contributed by atoms with van der Waals surface area (Å²) in [5.41, 5.74) is 4.83. The molecule has 27 heavy (non-hydrogen) atoms. The third-order valence-corrected chi connectivity index (χ3v) is 6.77. The SMILES string of the molecule is CCCc1cc(-c2cc3ccccc3s2)c2n[nH]c(Cc3nccs3)c2c1. The van der Waals surface area contributed by atoms with Gasteiger partial charge in [0.15, 0.2) is 0 Å². The summed E-state index contributed by atoms with van der Waals surface area (Å²) in [6.45, 7) is 2.23. The molecular weight excluding hydrogens is 370 g/mol. The summed E-state index contributed by atoms with van der Waals surface area (Å²) in [7, 11) is 0. The Morgan fingerprint density at radius 3 is 2.85 bits per heavy atom. The van der Waals surface area contributed by atoms with Gasteiger partial charge in [0.05, 0.1) is 5.01 Å². The van der Waals surface area contributed by atoms with Gasteiger partial charge in [-0.25, -0.2) is 4.98 Å². The Morgan fingerprint density at radius 1 is 1.11 bits per heavy atom. The van der Waals surface area contributed by atoms with Gasteiger partial charge in [0, 0.05) is 44.2 Å². The average molecular weight is 390 g/mol. The number of H-pyrrole nitrogens is 1. The van der Waals surface area contributed by atoms with Gasteiger partial charge in [0.1, 0.15) is 5.52 Å². The molecule has 0 bridgehead atoms. The summed E-state index contributed by atoms with van der Waals surface area (Å²) < 4.78 is 1.32. The van der Waals surface area contributed by atoms with E-state index in [-0.39, 0.29) is 0 Å². The Bertz CT molecular complexity index is 1180. The van der Waals surface area contributed by atoms with Crippen LogP contribution in [0.5, 0.6) is 0 Å². The zero-order valence-corrected chi connectivity index (χ0v) is 16.7. The first-order chi connectivity index (χ1) is 13.3. The van der Waals surface area contributed by atoms with Gasteiger partial charge in [-0.3, -0.25) is 5.10 Å². The molecule has 0 unspecified atom stereocenters. The van der Waals surface area contributed by atoms with E-state index in [4.69, 9.17) is 5.10 Å². The highest BCUT2D eigenvalue weighted by Crippen LogP contribution is 2.38. The maximum atomic E-state index is 4.71. The zero-order chi connectivity index (χ0) is 18.2. The third kappa shape index (κ3) is 3.07. The Morgan fingerprint density at radius 2 is 2.04 bits per heavy atom. The van der Waals surface area contributed by atoms with Crippen molar-refractivity contribution >= 4 is 43.7 Å². The molecule has 0 radical (unpaired) electrons. The number of rotatable bonds is 5. The minimum atomic E-state index is 0.801. The summed E-state index contributed by atoms with van der Waals surface area (Å²) in [5.74, 6) is 0. The first-order valence-corrected chi connectivity index (χ1v) is 10.9. The van der Waals surface area contributed by atoms with Gasteiger partial charge in [-0.15, -0.1) is 22.7 Å². The Labute approximate surface area is 165 Å². The van der Waals surface area contributed by atoms with Gasteiger partial charge in [-0.1, -0.05) is 31.5 Å². The largest absolute Gasteiger partial charge is 0.281 e. The molecule has 0 aliphatic heterocycles. The first kappa shape index (κ1) is 16.7. The van der Waals surface area contributed by atoms with Crippen LogP contribution in [-0.2, 0) is 12.8 Å². The lowest BCUT2D eigenvalue weighted by molar-refractivity contribution is 0.924. The summed E-state index contributed by atoms with van der Waals surface area (Å²) in [5, 5.41) is 13.7. The van der Waals surface area contributed by atoms with E-state index in [1.807, 2.05) is 22.9 Å². The van der Waals surface area contributed by atoms with Crippen molar-refractivity contribution < 1.29 is 0 Å². The predicted octanol–water partition coefficient (Wildman–Crippen LogP) is 6.44. The van der Waals surface area contributed by atoms with Gasteiger partial charge in [-0.05, 0) is 41.6 Å². The van der Waals surface area contributed by atoms with Gasteiger partial charge in [0.2, 0.25) is 0 Å². The minimum absolute atomic E-state index is 0.801. The van der Waals surface area contributed by atoms with Crippen molar-refractivity contribution in [2.24, 2.45) is 0 Å². The molecule has 0 saturated carbocycles. The highest BCUT2D eigenvalue weighted by Gasteiger charge is 2.15. The van der Waals surface area contributed by atoms with Crippen LogP contribution in [0.15, 0.2) is 54.0 Å². The maximum Gasteiger partial charge on any atom is 0.101 e. The second-order valence-electron chi connectivity index (χ2n) is 6.74. The number of fused-ring (bicyclic) bond motifs is 2. The fraction of sp³-hybridized carbons (Fsp3) is 0.182. The number of aryl methyl sites for hydroxylation is 1. The van der Waals surface area contributed by atoms with Crippen LogP contribution in [0.2, 0.25) is 0 Å². The van der Waals surface area contributed by atoms with Gasteiger partial charge >= 0.3 is 0 Å². The Hall–Kier alpha value is -2.50. The standard InChI is InChI=1S/C22H19N3S2/c1-2-5-14-10-16-18(13-21-23-8-9-26-21)24-25-22(16)17(11-14)20-12-15-6-3-4-7-19(15)27-20/h3-4,6-12H,2,5,13H2,1H3,(H,24,25). The molecule has 0 atom stereocenters. The summed E-state index contributed by atoms with van der Waals surface area (Å²) in [6.07, 6.45) is 4.88. The first-order valence-electron chi connectivity index (χ1n) is 9.19. The van der Waals surface area contributed by atoms with Crippen LogP contribution in [-0.4, -0.2) is 15.2 Å². The highest BCUT2D eigenvalue weighted by atomic mass is 32.1. The third-order valence-electron chi connectivity index (χ3n) is 4.84. The lowest BCUT2D eigenvalue weighted by Crippen LogP contribution is -1.90. The van der Waals surface area contributed by atoms with E-state index in [9.17, 15) is 0 Å². The van der Waals surface area contributed by atoms with E-state index in [0.29, 0.717) is 0 Å². The van der Waals surface area contributed by atoms with Crippen LogP contribution in [0, 0.1) is 0 Å². The van der Waals surface area contributed by atoms with E-state index in [0.717, 1.165) is 35.5 Å². The number of thiophene rings is 1. The summed E-state index contributed by atoms with van der Waals surface area (Å²) >= 11 is 3.53. The van der Waals surface area contributed by atoms with Crippen molar-refractivity contribution in [3.8, 4) is 10.4 Å². The topological polar surface area (TPSA) is 41.6 Å². The average Bonchev–Trinajstić information content (AvgIpc) is 3.41. The molecule has 134 valence electrons. The smallest absolute Gasteiger partial charge is 0.101 e. The Kier molecular flexibility index (Phi) is 4.26.